The lowest BCUT2D eigenvalue weighted by Crippen LogP contribution is -2.40. The molecule has 0 bridgehead atoms. The van der Waals surface area contributed by atoms with E-state index >= 15 is 0 Å². The maximum atomic E-state index is 10.8. The summed E-state index contributed by atoms with van der Waals surface area (Å²) in [6.45, 7) is 0.371. The lowest BCUT2D eigenvalue weighted by Gasteiger charge is -2.21. The lowest BCUT2D eigenvalue weighted by atomic mass is 10.2. The van der Waals surface area contributed by atoms with Crippen molar-refractivity contribution in [2.24, 2.45) is 20.7 Å². The Hall–Kier alpha value is -1.94. The van der Waals surface area contributed by atoms with Gasteiger partial charge in [-0.3, -0.25) is 19.1 Å². The first-order valence-corrected chi connectivity index (χ1v) is 8.74. The van der Waals surface area contributed by atoms with Gasteiger partial charge in [-0.15, -0.1) is 5.10 Å². The van der Waals surface area contributed by atoms with Gasteiger partial charge in [-0.2, -0.15) is 0 Å². The first-order valence-electron chi connectivity index (χ1n) is 6.95. The van der Waals surface area contributed by atoms with Gasteiger partial charge < -0.3 is 15.5 Å². The number of aromatic nitrogens is 3. The number of rotatable bonds is 5. The summed E-state index contributed by atoms with van der Waals surface area (Å²) in [5.74, 6) is 0.341. The van der Waals surface area contributed by atoms with Gasteiger partial charge in [0.15, 0.2) is 12.3 Å². The number of fused-ring (bicyclic) bond motifs is 1. The van der Waals surface area contributed by atoms with Gasteiger partial charge in [0.25, 0.3) is 0 Å². The normalized spacial score (nSPS) is 24.5. The Morgan fingerprint density at radius 2 is 2.17 bits per heavy atom. The van der Waals surface area contributed by atoms with Crippen LogP contribution in [-0.4, -0.2) is 66.9 Å². The molecule has 0 radical (unpaired) electrons. The third-order valence-corrected chi connectivity index (χ3v) is 4.50. The zero-order valence-electron chi connectivity index (χ0n) is 12.4. The van der Waals surface area contributed by atoms with E-state index in [-0.39, 0.29) is 18.5 Å². The molecule has 1 aromatic rings. The molecule has 2 aliphatic rings. The van der Waals surface area contributed by atoms with E-state index in [2.05, 4.69) is 25.3 Å². The van der Waals surface area contributed by atoms with Crippen molar-refractivity contribution in [1.82, 2.24) is 19.9 Å². The molecule has 3 heterocycles. The molecule has 3 rings (SSSR count). The number of nitrogens with two attached hydrogens (primary N) is 1. The van der Waals surface area contributed by atoms with Gasteiger partial charge in [0.05, 0.1) is 12.4 Å². The SMILES string of the molecule is CN1C2N=CN=C(N)C2=NC1c1cn(CCCP(=O)(O)O)nn1. The summed E-state index contributed by atoms with van der Waals surface area (Å²) < 4.78 is 12.4. The number of amidine groups is 1. The van der Waals surface area contributed by atoms with Crippen molar-refractivity contribution in [1.29, 1.82) is 0 Å². The largest absolute Gasteiger partial charge is 0.382 e. The van der Waals surface area contributed by atoms with E-state index in [9.17, 15) is 4.57 Å². The van der Waals surface area contributed by atoms with Crippen LogP contribution in [0, 0.1) is 0 Å². The molecule has 23 heavy (non-hydrogen) atoms. The summed E-state index contributed by atoms with van der Waals surface area (Å²) in [6.07, 6.45) is 2.61. The molecule has 0 spiro atoms. The number of hydrogen-bond acceptors (Lipinski definition) is 8. The van der Waals surface area contributed by atoms with E-state index in [1.54, 1.807) is 10.9 Å². The summed E-state index contributed by atoms with van der Waals surface area (Å²) in [6, 6.07) is 0. The van der Waals surface area contributed by atoms with Crippen LogP contribution in [0.15, 0.2) is 21.2 Å². The van der Waals surface area contributed by atoms with Crippen molar-refractivity contribution in [2.45, 2.75) is 25.3 Å². The highest BCUT2D eigenvalue weighted by Crippen LogP contribution is 2.35. The van der Waals surface area contributed by atoms with E-state index < -0.39 is 7.60 Å². The fraction of sp³-hybridized carbons (Fsp3) is 0.545. The standard InChI is InChI=1S/C11H17N8O3P/c1-18-10(15-8-9(12)13-6-14-11(8)18)7-5-19(17-16-7)3-2-4-23(20,21)22/h5-6,10-11H,2-4H2,1H3,(H2,12,13,14)(H2,20,21,22). The maximum absolute atomic E-state index is 10.8. The van der Waals surface area contributed by atoms with Crippen LogP contribution >= 0.6 is 7.60 Å². The molecule has 0 saturated carbocycles. The summed E-state index contributed by atoms with van der Waals surface area (Å²) in [5.41, 5.74) is 7.05. The Balaban J connectivity index is 1.70. The van der Waals surface area contributed by atoms with Crippen LogP contribution < -0.4 is 5.73 Å². The van der Waals surface area contributed by atoms with Crippen LogP contribution in [0.3, 0.4) is 0 Å². The minimum Gasteiger partial charge on any atom is -0.382 e. The minimum atomic E-state index is -3.99. The van der Waals surface area contributed by atoms with Crippen LogP contribution in [0.25, 0.3) is 0 Å². The predicted molar refractivity (Wildman–Crippen MR) is 83.4 cm³/mol. The first-order chi connectivity index (χ1) is 10.8. The molecule has 0 aliphatic carbocycles. The molecule has 0 saturated heterocycles. The molecule has 0 fully saturated rings. The highest BCUT2D eigenvalue weighted by molar-refractivity contribution is 7.51. The smallest absolute Gasteiger partial charge is 0.325 e. The lowest BCUT2D eigenvalue weighted by molar-refractivity contribution is 0.249. The molecule has 0 aromatic carbocycles. The van der Waals surface area contributed by atoms with E-state index in [1.165, 1.54) is 6.34 Å². The maximum Gasteiger partial charge on any atom is 0.325 e. The fourth-order valence-electron chi connectivity index (χ4n) is 2.47. The molecule has 11 nitrogen and oxygen atoms in total. The Kier molecular flexibility index (Phi) is 4.11. The summed E-state index contributed by atoms with van der Waals surface area (Å²) in [7, 11) is -2.13. The predicted octanol–water partition coefficient (Wildman–Crippen LogP) is -1.04. The molecule has 4 N–H and O–H groups in total. The van der Waals surface area contributed by atoms with Crippen molar-refractivity contribution >= 4 is 25.5 Å². The van der Waals surface area contributed by atoms with Crippen molar-refractivity contribution < 1.29 is 14.4 Å². The van der Waals surface area contributed by atoms with Crippen LogP contribution in [0.4, 0.5) is 0 Å². The molecule has 2 aliphatic heterocycles. The van der Waals surface area contributed by atoms with Gasteiger partial charge in [0.2, 0.25) is 0 Å². The van der Waals surface area contributed by atoms with Crippen LogP contribution in [0.2, 0.25) is 0 Å². The zero-order chi connectivity index (χ0) is 16.6. The third-order valence-electron chi connectivity index (χ3n) is 3.60. The summed E-state index contributed by atoms with van der Waals surface area (Å²) >= 11 is 0. The summed E-state index contributed by atoms with van der Waals surface area (Å²) in [5, 5.41) is 8.05. The monoisotopic (exact) mass is 340 g/mol. The Morgan fingerprint density at radius 1 is 1.39 bits per heavy atom. The van der Waals surface area contributed by atoms with Crippen molar-refractivity contribution in [3.63, 3.8) is 0 Å². The van der Waals surface area contributed by atoms with E-state index in [1.807, 2.05) is 11.9 Å². The van der Waals surface area contributed by atoms with Crippen molar-refractivity contribution in [2.75, 3.05) is 13.2 Å². The molecule has 12 heteroatoms. The van der Waals surface area contributed by atoms with Gasteiger partial charge in [-0.25, -0.2) is 9.98 Å². The van der Waals surface area contributed by atoms with Crippen LogP contribution in [0.1, 0.15) is 18.3 Å². The number of nitrogens with zero attached hydrogens (tertiary/aromatic N) is 7. The molecule has 124 valence electrons. The minimum absolute atomic E-state index is 0.183. The van der Waals surface area contributed by atoms with Crippen molar-refractivity contribution in [3.8, 4) is 0 Å². The Morgan fingerprint density at radius 3 is 2.87 bits per heavy atom. The molecular formula is C11H17N8O3P. The number of aliphatic imine (C=N–C) groups is 3. The second-order valence-corrected chi connectivity index (χ2v) is 7.13. The van der Waals surface area contributed by atoms with Crippen LogP contribution in [0.5, 0.6) is 0 Å². The number of hydrogen-bond donors (Lipinski definition) is 3. The second-order valence-electron chi connectivity index (χ2n) is 5.35. The molecule has 2 atom stereocenters. The highest BCUT2D eigenvalue weighted by Gasteiger charge is 2.38. The topological polar surface area (TPSA) is 155 Å². The van der Waals surface area contributed by atoms with Gasteiger partial charge in [-0.05, 0) is 13.5 Å². The average molecular weight is 340 g/mol. The Labute approximate surface area is 131 Å². The first kappa shape index (κ1) is 15.9. The van der Waals surface area contributed by atoms with E-state index in [4.69, 9.17) is 15.5 Å². The molecule has 0 amide bonds. The summed E-state index contributed by atoms with van der Waals surface area (Å²) in [4.78, 5) is 32.3. The van der Waals surface area contributed by atoms with Gasteiger partial charge in [0.1, 0.15) is 23.6 Å². The molecular weight excluding hydrogens is 323 g/mol. The van der Waals surface area contributed by atoms with Gasteiger partial charge in [-0.1, -0.05) is 5.21 Å². The molecule has 2 unspecified atom stereocenters. The van der Waals surface area contributed by atoms with Crippen LogP contribution in [-0.2, 0) is 11.1 Å². The Bertz CT molecular complexity index is 735. The van der Waals surface area contributed by atoms with E-state index in [0.717, 1.165) is 0 Å². The van der Waals surface area contributed by atoms with Gasteiger partial charge in [0, 0.05) is 6.54 Å². The average Bonchev–Trinajstić information content (AvgIpc) is 3.04. The van der Waals surface area contributed by atoms with Gasteiger partial charge >= 0.3 is 7.60 Å². The quantitative estimate of drug-likeness (QED) is 0.578. The van der Waals surface area contributed by atoms with E-state index in [0.29, 0.717) is 30.2 Å². The second kappa shape index (κ2) is 5.93. The third kappa shape index (κ3) is 3.37. The fourth-order valence-corrected chi connectivity index (χ4v) is 3.02. The van der Waals surface area contributed by atoms with Crippen molar-refractivity contribution in [3.05, 3.63) is 11.9 Å². The molecule has 1 aromatic heterocycles. The zero-order valence-corrected chi connectivity index (χ0v) is 13.3. The highest BCUT2D eigenvalue weighted by atomic mass is 31.2. The number of aryl methyl sites for hydroxylation is 1.